The van der Waals surface area contributed by atoms with Crippen molar-refractivity contribution >= 4 is 5.91 Å². The van der Waals surface area contributed by atoms with Crippen molar-refractivity contribution in [1.29, 1.82) is 0 Å². The second-order valence-corrected chi connectivity index (χ2v) is 3.45. The Balaban J connectivity index is 1.93. The minimum atomic E-state index is -1.16. The smallest absolute Gasteiger partial charge is 0.254 e. The number of hydrogen-bond donors (Lipinski definition) is 1. The van der Waals surface area contributed by atoms with Gasteiger partial charge in [0.1, 0.15) is 0 Å². The van der Waals surface area contributed by atoms with E-state index in [1.54, 1.807) is 0 Å². The predicted octanol–water partition coefficient (Wildman–Crippen LogP) is 1.32. The van der Waals surface area contributed by atoms with Gasteiger partial charge in [-0.05, 0) is 12.1 Å². The van der Waals surface area contributed by atoms with Crippen LogP contribution >= 0.6 is 0 Å². The number of hydrogen-bond acceptors (Lipinski definition) is 4. The first-order chi connectivity index (χ1) is 8.68. The lowest BCUT2D eigenvalue weighted by molar-refractivity contribution is 0.0949. The third-order valence-electron chi connectivity index (χ3n) is 2.24. The molecule has 0 aliphatic rings. The minimum absolute atomic E-state index is 0.203. The van der Waals surface area contributed by atoms with Crippen LogP contribution in [-0.2, 0) is 6.42 Å². The summed E-state index contributed by atoms with van der Waals surface area (Å²) >= 11 is 0. The Morgan fingerprint density at radius 2 is 2.22 bits per heavy atom. The zero-order valence-electron chi connectivity index (χ0n) is 9.19. The fraction of sp³-hybridized carbons (Fsp3) is 0.182. The molecule has 5 nitrogen and oxygen atoms in total. The molecular formula is C11H9F2N3O2. The lowest BCUT2D eigenvalue weighted by atomic mass is 10.2. The number of carbonyl (C=O) groups excluding carboxylic acids is 1. The first kappa shape index (κ1) is 12.2. The molecule has 0 unspecified atom stereocenters. The molecule has 1 amide bonds. The standard InChI is InChI=1S/C11H9F2N3O2/c12-8-3-1-2-7(10(8)13)11(17)14-5-4-9-15-6-18-16-9/h1-3,6H,4-5H2,(H,14,17). The molecule has 2 aromatic rings. The van der Waals surface area contributed by atoms with Crippen molar-refractivity contribution in [3.05, 3.63) is 47.6 Å². The summed E-state index contributed by atoms with van der Waals surface area (Å²) in [7, 11) is 0. The van der Waals surface area contributed by atoms with Gasteiger partial charge in [0.05, 0.1) is 5.56 Å². The Bertz CT molecular complexity index is 543. The number of aromatic nitrogens is 2. The summed E-state index contributed by atoms with van der Waals surface area (Å²) in [6, 6.07) is 3.43. The molecule has 7 heteroatoms. The summed E-state index contributed by atoms with van der Waals surface area (Å²) in [6.07, 6.45) is 1.52. The first-order valence-electron chi connectivity index (χ1n) is 5.16. The van der Waals surface area contributed by atoms with Crippen LogP contribution in [0.5, 0.6) is 0 Å². The number of benzene rings is 1. The third-order valence-corrected chi connectivity index (χ3v) is 2.24. The molecule has 1 N–H and O–H groups in total. The molecule has 94 valence electrons. The van der Waals surface area contributed by atoms with Gasteiger partial charge in [-0.1, -0.05) is 11.2 Å². The molecule has 0 fully saturated rings. The number of carbonyl (C=O) groups is 1. The maximum atomic E-state index is 13.3. The number of halogens is 2. The van der Waals surface area contributed by atoms with Gasteiger partial charge in [0.2, 0.25) is 6.39 Å². The highest BCUT2D eigenvalue weighted by atomic mass is 19.2. The van der Waals surface area contributed by atoms with Crippen molar-refractivity contribution in [3.8, 4) is 0 Å². The van der Waals surface area contributed by atoms with E-state index >= 15 is 0 Å². The Morgan fingerprint density at radius 1 is 1.39 bits per heavy atom. The fourth-order valence-corrected chi connectivity index (χ4v) is 1.36. The van der Waals surface area contributed by atoms with Crippen LogP contribution in [0, 0.1) is 11.6 Å². The fourth-order valence-electron chi connectivity index (χ4n) is 1.36. The topological polar surface area (TPSA) is 68.0 Å². The number of nitrogens with zero attached hydrogens (tertiary/aromatic N) is 2. The van der Waals surface area contributed by atoms with Gasteiger partial charge < -0.3 is 9.84 Å². The Kier molecular flexibility index (Phi) is 3.61. The summed E-state index contributed by atoms with van der Waals surface area (Å²) in [6.45, 7) is 0.203. The van der Waals surface area contributed by atoms with Crippen molar-refractivity contribution in [1.82, 2.24) is 15.5 Å². The quantitative estimate of drug-likeness (QED) is 0.892. The van der Waals surface area contributed by atoms with E-state index in [4.69, 9.17) is 0 Å². The van der Waals surface area contributed by atoms with Crippen molar-refractivity contribution in [2.75, 3.05) is 6.54 Å². The van der Waals surface area contributed by atoms with Crippen molar-refractivity contribution in [2.24, 2.45) is 0 Å². The highest BCUT2D eigenvalue weighted by Gasteiger charge is 2.14. The van der Waals surface area contributed by atoms with E-state index in [1.165, 1.54) is 18.5 Å². The van der Waals surface area contributed by atoms with E-state index in [0.717, 1.165) is 6.07 Å². The van der Waals surface area contributed by atoms with Crippen molar-refractivity contribution in [2.45, 2.75) is 6.42 Å². The zero-order valence-corrected chi connectivity index (χ0v) is 9.19. The van der Waals surface area contributed by atoms with Crippen LogP contribution in [0.25, 0.3) is 0 Å². The molecule has 0 bridgehead atoms. The minimum Gasteiger partial charge on any atom is -0.351 e. The molecule has 0 radical (unpaired) electrons. The molecule has 0 saturated carbocycles. The maximum Gasteiger partial charge on any atom is 0.254 e. The van der Waals surface area contributed by atoms with Gasteiger partial charge in [-0.25, -0.2) is 8.78 Å². The monoisotopic (exact) mass is 253 g/mol. The summed E-state index contributed by atoms with van der Waals surface area (Å²) in [5.74, 6) is -2.47. The van der Waals surface area contributed by atoms with Crippen LogP contribution in [0.2, 0.25) is 0 Å². The number of amides is 1. The molecule has 0 atom stereocenters. The summed E-state index contributed by atoms with van der Waals surface area (Å²) in [5.41, 5.74) is -0.330. The average Bonchev–Trinajstić information content (AvgIpc) is 2.85. The van der Waals surface area contributed by atoms with Crippen LogP contribution in [0.3, 0.4) is 0 Å². The van der Waals surface area contributed by atoms with Crippen molar-refractivity contribution < 1.29 is 18.1 Å². The van der Waals surface area contributed by atoms with Crippen LogP contribution in [0.1, 0.15) is 16.2 Å². The van der Waals surface area contributed by atoms with E-state index in [9.17, 15) is 13.6 Å². The molecule has 0 saturated heterocycles. The largest absolute Gasteiger partial charge is 0.351 e. The van der Waals surface area contributed by atoms with Gasteiger partial charge in [-0.3, -0.25) is 4.79 Å². The molecule has 2 rings (SSSR count). The summed E-state index contributed by atoms with van der Waals surface area (Å²) in [5, 5.41) is 5.98. The van der Waals surface area contributed by atoms with Gasteiger partial charge >= 0.3 is 0 Å². The van der Waals surface area contributed by atoms with Gasteiger partial charge in [0.15, 0.2) is 17.5 Å². The van der Waals surface area contributed by atoms with Crippen LogP contribution in [-0.4, -0.2) is 22.6 Å². The maximum absolute atomic E-state index is 13.3. The average molecular weight is 253 g/mol. The molecule has 0 spiro atoms. The second kappa shape index (κ2) is 5.35. The summed E-state index contributed by atoms with van der Waals surface area (Å²) in [4.78, 5) is 15.3. The molecule has 1 aromatic heterocycles. The third kappa shape index (κ3) is 2.68. The van der Waals surface area contributed by atoms with E-state index in [1.807, 2.05) is 0 Å². The van der Waals surface area contributed by atoms with Crippen molar-refractivity contribution in [3.63, 3.8) is 0 Å². The Hall–Kier alpha value is -2.31. The highest BCUT2D eigenvalue weighted by molar-refractivity contribution is 5.94. The van der Waals surface area contributed by atoms with E-state index in [0.29, 0.717) is 12.2 Å². The molecule has 1 heterocycles. The second-order valence-electron chi connectivity index (χ2n) is 3.45. The van der Waals surface area contributed by atoms with Gasteiger partial charge in [0.25, 0.3) is 5.91 Å². The lowest BCUT2D eigenvalue weighted by Crippen LogP contribution is -2.27. The SMILES string of the molecule is O=C(NCCc1ncon1)c1cccc(F)c1F. The predicted molar refractivity (Wildman–Crippen MR) is 56.7 cm³/mol. The molecule has 0 aliphatic carbocycles. The lowest BCUT2D eigenvalue weighted by Gasteiger charge is -2.04. The first-order valence-corrected chi connectivity index (χ1v) is 5.16. The molecule has 1 aromatic carbocycles. The van der Waals surface area contributed by atoms with E-state index < -0.39 is 17.5 Å². The number of nitrogens with one attached hydrogen (secondary N) is 1. The molecular weight excluding hydrogens is 244 g/mol. The van der Waals surface area contributed by atoms with Crippen LogP contribution in [0.4, 0.5) is 8.78 Å². The molecule has 0 aliphatic heterocycles. The van der Waals surface area contributed by atoms with Gasteiger partial charge in [-0.15, -0.1) is 0 Å². The molecule has 18 heavy (non-hydrogen) atoms. The Labute approximate surface area is 101 Å². The van der Waals surface area contributed by atoms with E-state index in [2.05, 4.69) is 20.0 Å². The van der Waals surface area contributed by atoms with Crippen LogP contribution in [0.15, 0.2) is 29.1 Å². The van der Waals surface area contributed by atoms with E-state index in [-0.39, 0.29) is 12.1 Å². The number of rotatable bonds is 4. The summed E-state index contributed by atoms with van der Waals surface area (Å²) < 4.78 is 30.7. The van der Waals surface area contributed by atoms with Crippen LogP contribution < -0.4 is 5.32 Å². The van der Waals surface area contributed by atoms with Gasteiger partial charge in [0, 0.05) is 13.0 Å². The Morgan fingerprint density at radius 3 is 2.94 bits per heavy atom. The zero-order chi connectivity index (χ0) is 13.0. The highest BCUT2D eigenvalue weighted by Crippen LogP contribution is 2.10. The normalized spacial score (nSPS) is 10.3. The van der Waals surface area contributed by atoms with Gasteiger partial charge in [-0.2, -0.15) is 4.98 Å².